The number of benzene rings is 2. The molecule has 2 aromatic carbocycles. The van der Waals surface area contributed by atoms with Gasteiger partial charge in [-0.2, -0.15) is 0 Å². The first-order valence-electron chi connectivity index (χ1n) is 9.61. The number of nitrogens with one attached hydrogen (secondary N) is 1. The van der Waals surface area contributed by atoms with Crippen LogP contribution in [0.15, 0.2) is 48.5 Å². The molecule has 1 aliphatic rings. The molecule has 5 heteroatoms. The van der Waals surface area contributed by atoms with Gasteiger partial charge in [-0.25, -0.2) is 0 Å². The molecule has 1 aliphatic heterocycles. The van der Waals surface area contributed by atoms with E-state index in [4.69, 9.17) is 9.47 Å². The van der Waals surface area contributed by atoms with Crippen LogP contribution in [0.25, 0.3) is 0 Å². The number of carbonyl (C=O) groups is 1. The standard InChI is InChI=1S/C22H28N2O3/c1-3-17(2)27-21-10-6-19(7-11-21)22(25)23-20-8-4-18(5-9-20)16-24-12-14-26-15-13-24/h4-11,17H,3,12-16H2,1-2H3,(H,23,25)/t17-/m0/s1. The number of amides is 1. The first kappa shape index (κ1) is 19.4. The minimum absolute atomic E-state index is 0.119. The molecular formula is C22H28N2O3. The van der Waals surface area contributed by atoms with Gasteiger partial charge in [0.25, 0.3) is 5.91 Å². The van der Waals surface area contributed by atoms with E-state index in [0.29, 0.717) is 5.56 Å². The molecule has 27 heavy (non-hydrogen) atoms. The van der Waals surface area contributed by atoms with E-state index in [2.05, 4.69) is 29.3 Å². The minimum Gasteiger partial charge on any atom is -0.491 e. The van der Waals surface area contributed by atoms with E-state index >= 15 is 0 Å². The summed E-state index contributed by atoms with van der Waals surface area (Å²) in [5, 5.41) is 2.95. The molecule has 0 unspecified atom stereocenters. The third-order valence-electron chi connectivity index (χ3n) is 4.75. The van der Waals surface area contributed by atoms with Crippen LogP contribution in [0.1, 0.15) is 36.2 Å². The van der Waals surface area contributed by atoms with Crippen LogP contribution in [0.5, 0.6) is 5.75 Å². The fraction of sp³-hybridized carbons (Fsp3) is 0.409. The van der Waals surface area contributed by atoms with Gasteiger partial charge in [0.2, 0.25) is 0 Å². The molecule has 0 radical (unpaired) electrons. The highest BCUT2D eigenvalue weighted by molar-refractivity contribution is 6.04. The molecule has 1 fully saturated rings. The van der Waals surface area contributed by atoms with E-state index < -0.39 is 0 Å². The van der Waals surface area contributed by atoms with Gasteiger partial charge in [0.05, 0.1) is 19.3 Å². The number of rotatable bonds is 7. The van der Waals surface area contributed by atoms with Crippen molar-refractivity contribution in [3.63, 3.8) is 0 Å². The van der Waals surface area contributed by atoms with Crippen molar-refractivity contribution in [1.82, 2.24) is 4.90 Å². The Morgan fingerprint density at radius 3 is 2.41 bits per heavy atom. The Bertz CT molecular complexity index is 722. The van der Waals surface area contributed by atoms with Gasteiger partial charge in [0, 0.05) is 30.9 Å². The lowest BCUT2D eigenvalue weighted by molar-refractivity contribution is 0.0342. The van der Waals surface area contributed by atoms with Crippen LogP contribution in [0.3, 0.4) is 0 Å². The molecule has 2 aromatic rings. The molecule has 3 rings (SSSR count). The van der Waals surface area contributed by atoms with E-state index in [1.54, 1.807) is 12.1 Å². The smallest absolute Gasteiger partial charge is 0.255 e. The number of nitrogens with zero attached hydrogens (tertiary/aromatic N) is 1. The Morgan fingerprint density at radius 1 is 1.11 bits per heavy atom. The highest BCUT2D eigenvalue weighted by Gasteiger charge is 2.11. The van der Waals surface area contributed by atoms with Crippen LogP contribution in [0.2, 0.25) is 0 Å². The quantitative estimate of drug-likeness (QED) is 0.804. The zero-order valence-electron chi connectivity index (χ0n) is 16.1. The molecule has 144 valence electrons. The molecule has 0 aliphatic carbocycles. The van der Waals surface area contributed by atoms with E-state index in [1.165, 1.54) is 5.56 Å². The highest BCUT2D eigenvalue weighted by Crippen LogP contribution is 2.17. The van der Waals surface area contributed by atoms with Gasteiger partial charge in [-0.3, -0.25) is 9.69 Å². The molecule has 0 saturated carbocycles. The number of carbonyl (C=O) groups excluding carboxylic acids is 1. The lowest BCUT2D eigenvalue weighted by Gasteiger charge is -2.26. The van der Waals surface area contributed by atoms with Crippen LogP contribution in [0.4, 0.5) is 5.69 Å². The van der Waals surface area contributed by atoms with Crippen molar-refractivity contribution >= 4 is 11.6 Å². The van der Waals surface area contributed by atoms with Crippen LogP contribution in [0, 0.1) is 0 Å². The molecule has 1 atom stereocenters. The van der Waals surface area contributed by atoms with Gasteiger partial charge < -0.3 is 14.8 Å². The summed E-state index contributed by atoms with van der Waals surface area (Å²) in [6, 6.07) is 15.3. The number of hydrogen-bond acceptors (Lipinski definition) is 4. The summed E-state index contributed by atoms with van der Waals surface area (Å²) < 4.78 is 11.1. The van der Waals surface area contributed by atoms with Gasteiger partial charge in [0.15, 0.2) is 0 Å². The Labute approximate surface area is 161 Å². The summed E-state index contributed by atoms with van der Waals surface area (Å²) in [5.74, 6) is 0.666. The fourth-order valence-electron chi connectivity index (χ4n) is 2.91. The first-order valence-corrected chi connectivity index (χ1v) is 9.61. The second-order valence-electron chi connectivity index (χ2n) is 6.90. The van der Waals surface area contributed by atoms with Gasteiger partial charge in [-0.05, 0) is 55.3 Å². The Balaban J connectivity index is 1.54. The second kappa shape index (κ2) is 9.53. The summed E-state index contributed by atoms with van der Waals surface area (Å²) in [6.07, 6.45) is 1.12. The van der Waals surface area contributed by atoms with Crippen molar-refractivity contribution in [1.29, 1.82) is 0 Å². The Morgan fingerprint density at radius 2 is 1.78 bits per heavy atom. The van der Waals surface area contributed by atoms with Crippen molar-refractivity contribution in [2.45, 2.75) is 32.9 Å². The Kier molecular flexibility index (Phi) is 6.85. The third kappa shape index (κ3) is 5.81. The van der Waals surface area contributed by atoms with Crippen molar-refractivity contribution in [3.05, 3.63) is 59.7 Å². The van der Waals surface area contributed by atoms with Crippen LogP contribution < -0.4 is 10.1 Å². The maximum absolute atomic E-state index is 12.4. The lowest BCUT2D eigenvalue weighted by Crippen LogP contribution is -2.35. The number of morpholine rings is 1. The maximum Gasteiger partial charge on any atom is 0.255 e. The molecule has 0 bridgehead atoms. The van der Waals surface area contributed by atoms with Crippen molar-refractivity contribution in [2.24, 2.45) is 0 Å². The zero-order valence-corrected chi connectivity index (χ0v) is 16.1. The molecule has 1 heterocycles. The highest BCUT2D eigenvalue weighted by atomic mass is 16.5. The van der Waals surface area contributed by atoms with Gasteiger partial charge >= 0.3 is 0 Å². The van der Waals surface area contributed by atoms with Crippen molar-refractivity contribution in [2.75, 3.05) is 31.6 Å². The summed E-state index contributed by atoms with van der Waals surface area (Å²) in [6.45, 7) is 8.56. The molecule has 1 N–H and O–H groups in total. The van der Waals surface area contributed by atoms with E-state index in [-0.39, 0.29) is 12.0 Å². The average molecular weight is 368 g/mol. The number of hydrogen-bond donors (Lipinski definition) is 1. The first-order chi connectivity index (χ1) is 13.1. The lowest BCUT2D eigenvalue weighted by atomic mass is 10.1. The molecule has 1 saturated heterocycles. The largest absolute Gasteiger partial charge is 0.491 e. The van der Waals surface area contributed by atoms with Crippen molar-refractivity contribution in [3.8, 4) is 5.75 Å². The van der Waals surface area contributed by atoms with E-state index in [9.17, 15) is 4.79 Å². The molecule has 5 nitrogen and oxygen atoms in total. The van der Waals surface area contributed by atoms with E-state index in [0.717, 1.165) is 50.7 Å². The predicted octanol–water partition coefficient (Wildman–Crippen LogP) is 3.95. The summed E-state index contributed by atoms with van der Waals surface area (Å²) in [7, 11) is 0. The summed E-state index contributed by atoms with van der Waals surface area (Å²) in [5.41, 5.74) is 2.65. The van der Waals surface area contributed by atoms with Crippen LogP contribution >= 0.6 is 0 Å². The van der Waals surface area contributed by atoms with Gasteiger partial charge in [-0.15, -0.1) is 0 Å². The predicted molar refractivity (Wildman–Crippen MR) is 107 cm³/mol. The van der Waals surface area contributed by atoms with E-state index in [1.807, 2.05) is 31.2 Å². The summed E-state index contributed by atoms with van der Waals surface area (Å²) in [4.78, 5) is 14.8. The van der Waals surface area contributed by atoms with Gasteiger partial charge in [0.1, 0.15) is 5.75 Å². The van der Waals surface area contributed by atoms with Crippen LogP contribution in [-0.2, 0) is 11.3 Å². The summed E-state index contributed by atoms with van der Waals surface area (Å²) >= 11 is 0. The normalized spacial score (nSPS) is 15.9. The van der Waals surface area contributed by atoms with Crippen molar-refractivity contribution < 1.29 is 14.3 Å². The third-order valence-corrected chi connectivity index (χ3v) is 4.75. The number of anilines is 1. The zero-order chi connectivity index (χ0) is 19.1. The molecule has 0 spiro atoms. The van der Waals surface area contributed by atoms with Crippen LogP contribution in [-0.4, -0.2) is 43.2 Å². The van der Waals surface area contributed by atoms with Gasteiger partial charge in [-0.1, -0.05) is 19.1 Å². The molecular weight excluding hydrogens is 340 g/mol. The molecule has 0 aromatic heterocycles. The second-order valence-corrected chi connectivity index (χ2v) is 6.90. The average Bonchev–Trinajstić information content (AvgIpc) is 2.70. The topological polar surface area (TPSA) is 50.8 Å². The monoisotopic (exact) mass is 368 g/mol. The SMILES string of the molecule is CC[C@H](C)Oc1ccc(C(=O)Nc2ccc(CN3CCOCC3)cc2)cc1. The maximum atomic E-state index is 12.4. The Hall–Kier alpha value is -2.37. The number of ether oxygens (including phenoxy) is 2. The minimum atomic E-state index is -0.119. The fourth-order valence-corrected chi connectivity index (χ4v) is 2.91. The molecule has 1 amide bonds.